The first-order chi connectivity index (χ1) is 3.48. The standard InChI is InChI=1S/C6H17N2/c1-6(7-2)8(3,4)5/h6-7H,1-5H3/q+1. The number of nitrogens with one attached hydrogen (secondary N) is 1. The Bertz CT molecular complexity index is 63.4. The molecule has 0 rings (SSSR count). The molecule has 0 spiro atoms. The van der Waals surface area contributed by atoms with Crippen molar-refractivity contribution in [2.24, 2.45) is 0 Å². The van der Waals surface area contributed by atoms with Gasteiger partial charge in [-0.15, -0.1) is 0 Å². The van der Waals surface area contributed by atoms with E-state index in [4.69, 9.17) is 0 Å². The lowest BCUT2D eigenvalue weighted by molar-refractivity contribution is -0.897. The van der Waals surface area contributed by atoms with Gasteiger partial charge in [0.25, 0.3) is 0 Å². The second-order valence-corrected chi connectivity index (χ2v) is 3.08. The van der Waals surface area contributed by atoms with E-state index in [2.05, 4.69) is 33.4 Å². The van der Waals surface area contributed by atoms with Gasteiger partial charge >= 0.3 is 0 Å². The molecule has 8 heavy (non-hydrogen) atoms. The summed E-state index contributed by atoms with van der Waals surface area (Å²) in [5.74, 6) is 0. The Morgan fingerprint density at radius 1 is 1.25 bits per heavy atom. The predicted octanol–water partition coefficient (Wildman–Crippen LogP) is 0.258. The second-order valence-electron chi connectivity index (χ2n) is 3.08. The molecule has 1 N–H and O–H groups in total. The Kier molecular flexibility index (Phi) is 2.44. The molecule has 1 atom stereocenters. The van der Waals surface area contributed by atoms with E-state index in [-0.39, 0.29) is 0 Å². The maximum absolute atomic E-state index is 3.18. The van der Waals surface area contributed by atoms with Crippen molar-refractivity contribution in [3.63, 3.8) is 0 Å². The molecule has 0 aromatic heterocycles. The average molecular weight is 117 g/mol. The van der Waals surface area contributed by atoms with E-state index >= 15 is 0 Å². The van der Waals surface area contributed by atoms with E-state index in [0.717, 1.165) is 4.48 Å². The van der Waals surface area contributed by atoms with Gasteiger partial charge in [-0.2, -0.15) is 0 Å². The summed E-state index contributed by atoms with van der Waals surface area (Å²) >= 11 is 0. The quantitative estimate of drug-likeness (QED) is 0.404. The lowest BCUT2D eigenvalue weighted by Crippen LogP contribution is -2.50. The number of hydrogen-bond acceptors (Lipinski definition) is 1. The summed E-state index contributed by atoms with van der Waals surface area (Å²) in [6.45, 7) is 2.17. The zero-order valence-electron chi connectivity index (χ0n) is 6.52. The number of nitrogens with zero attached hydrogens (tertiary/aromatic N) is 1. The topological polar surface area (TPSA) is 12.0 Å². The molecule has 0 aliphatic rings. The Morgan fingerprint density at radius 3 is 1.62 bits per heavy atom. The van der Waals surface area contributed by atoms with Crippen molar-refractivity contribution in [2.45, 2.75) is 13.1 Å². The molecular weight excluding hydrogens is 100 g/mol. The van der Waals surface area contributed by atoms with Crippen LogP contribution in [-0.4, -0.2) is 38.8 Å². The zero-order valence-corrected chi connectivity index (χ0v) is 6.52. The first-order valence-electron chi connectivity index (χ1n) is 2.97. The zero-order chi connectivity index (χ0) is 6.78. The van der Waals surface area contributed by atoms with Crippen molar-refractivity contribution in [3.8, 4) is 0 Å². The molecule has 0 heterocycles. The van der Waals surface area contributed by atoms with Crippen molar-refractivity contribution in [1.82, 2.24) is 5.32 Å². The van der Waals surface area contributed by atoms with Crippen molar-refractivity contribution >= 4 is 0 Å². The summed E-state index contributed by atoms with van der Waals surface area (Å²) in [5.41, 5.74) is 0. The van der Waals surface area contributed by atoms with Gasteiger partial charge in [0, 0.05) is 6.92 Å². The fourth-order valence-corrected chi connectivity index (χ4v) is 0.387. The molecule has 0 aromatic rings. The molecule has 0 aliphatic carbocycles. The first kappa shape index (κ1) is 7.92. The Hall–Kier alpha value is -0.0800. The van der Waals surface area contributed by atoms with Gasteiger partial charge in [-0.25, -0.2) is 0 Å². The summed E-state index contributed by atoms with van der Waals surface area (Å²) < 4.78 is 0.969. The molecule has 0 aromatic carbocycles. The highest BCUT2D eigenvalue weighted by Crippen LogP contribution is 1.95. The fraction of sp³-hybridized carbons (Fsp3) is 1.00. The van der Waals surface area contributed by atoms with Crippen LogP contribution in [-0.2, 0) is 0 Å². The minimum atomic E-state index is 0.537. The van der Waals surface area contributed by atoms with Gasteiger partial charge in [0.15, 0.2) is 0 Å². The van der Waals surface area contributed by atoms with Crippen molar-refractivity contribution in [2.75, 3.05) is 28.2 Å². The van der Waals surface area contributed by atoms with E-state index in [1.807, 2.05) is 7.05 Å². The van der Waals surface area contributed by atoms with E-state index in [1.165, 1.54) is 0 Å². The maximum atomic E-state index is 3.18. The molecule has 50 valence electrons. The molecule has 2 nitrogen and oxygen atoms in total. The van der Waals surface area contributed by atoms with Crippen LogP contribution in [0.25, 0.3) is 0 Å². The van der Waals surface area contributed by atoms with Crippen molar-refractivity contribution < 1.29 is 4.48 Å². The molecule has 2 heteroatoms. The number of quaternary nitrogens is 1. The minimum absolute atomic E-state index is 0.537. The Balaban J connectivity index is 3.62. The van der Waals surface area contributed by atoms with Crippen LogP contribution < -0.4 is 5.32 Å². The van der Waals surface area contributed by atoms with Crippen LogP contribution in [0.4, 0.5) is 0 Å². The third-order valence-electron chi connectivity index (χ3n) is 1.58. The average Bonchev–Trinajstić information content (AvgIpc) is 1.62. The monoisotopic (exact) mass is 117 g/mol. The SMILES string of the molecule is CNC(C)[N+](C)(C)C. The van der Waals surface area contributed by atoms with Crippen LogP contribution in [0.3, 0.4) is 0 Å². The third kappa shape index (κ3) is 2.28. The lowest BCUT2D eigenvalue weighted by Gasteiger charge is -2.30. The summed E-state index contributed by atoms with van der Waals surface area (Å²) in [7, 11) is 8.48. The third-order valence-corrected chi connectivity index (χ3v) is 1.58. The highest BCUT2D eigenvalue weighted by Gasteiger charge is 2.14. The van der Waals surface area contributed by atoms with Gasteiger partial charge < -0.3 is 4.48 Å². The van der Waals surface area contributed by atoms with Gasteiger partial charge in [0.1, 0.15) is 6.17 Å². The van der Waals surface area contributed by atoms with Crippen LogP contribution in [0.2, 0.25) is 0 Å². The van der Waals surface area contributed by atoms with Crippen LogP contribution in [0, 0.1) is 0 Å². The van der Waals surface area contributed by atoms with E-state index in [9.17, 15) is 0 Å². The Labute approximate surface area is 52.1 Å². The van der Waals surface area contributed by atoms with Gasteiger partial charge in [-0.3, -0.25) is 5.32 Å². The first-order valence-corrected chi connectivity index (χ1v) is 2.97. The molecular formula is C6H17N2+. The number of hydrogen-bond donors (Lipinski definition) is 1. The van der Waals surface area contributed by atoms with Crippen LogP contribution in [0.5, 0.6) is 0 Å². The lowest BCUT2D eigenvalue weighted by atomic mass is 10.4. The fourth-order valence-electron chi connectivity index (χ4n) is 0.387. The summed E-state index contributed by atoms with van der Waals surface area (Å²) in [5, 5.41) is 3.18. The predicted molar refractivity (Wildman–Crippen MR) is 36.6 cm³/mol. The summed E-state index contributed by atoms with van der Waals surface area (Å²) in [6.07, 6.45) is 0.537. The summed E-state index contributed by atoms with van der Waals surface area (Å²) in [4.78, 5) is 0. The molecule has 0 radical (unpaired) electrons. The summed E-state index contributed by atoms with van der Waals surface area (Å²) in [6, 6.07) is 0. The largest absolute Gasteiger partial charge is 0.316 e. The van der Waals surface area contributed by atoms with Crippen LogP contribution in [0.15, 0.2) is 0 Å². The molecule has 1 unspecified atom stereocenters. The maximum Gasteiger partial charge on any atom is 0.139 e. The molecule has 0 saturated carbocycles. The smallest absolute Gasteiger partial charge is 0.139 e. The van der Waals surface area contributed by atoms with Crippen LogP contribution >= 0.6 is 0 Å². The second kappa shape index (κ2) is 2.46. The minimum Gasteiger partial charge on any atom is -0.316 e. The van der Waals surface area contributed by atoms with Crippen molar-refractivity contribution in [1.29, 1.82) is 0 Å². The molecule has 0 amide bonds. The Morgan fingerprint density at radius 2 is 1.62 bits per heavy atom. The molecule has 0 saturated heterocycles. The van der Waals surface area contributed by atoms with Gasteiger partial charge in [-0.1, -0.05) is 0 Å². The van der Waals surface area contributed by atoms with Gasteiger partial charge in [0.2, 0.25) is 0 Å². The highest BCUT2D eigenvalue weighted by atomic mass is 15.4. The van der Waals surface area contributed by atoms with Crippen molar-refractivity contribution in [3.05, 3.63) is 0 Å². The molecule has 0 aliphatic heterocycles. The molecule has 0 bridgehead atoms. The number of rotatable bonds is 2. The van der Waals surface area contributed by atoms with E-state index in [1.54, 1.807) is 0 Å². The van der Waals surface area contributed by atoms with Crippen LogP contribution in [0.1, 0.15) is 6.92 Å². The van der Waals surface area contributed by atoms with Gasteiger partial charge in [0.05, 0.1) is 21.1 Å². The highest BCUT2D eigenvalue weighted by molar-refractivity contribution is 4.36. The van der Waals surface area contributed by atoms with E-state index < -0.39 is 0 Å². The normalized spacial score (nSPS) is 16.1. The van der Waals surface area contributed by atoms with Gasteiger partial charge in [-0.05, 0) is 7.05 Å². The van der Waals surface area contributed by atoms with E-state index in [0.29, 0.717) is 6.17 Å². The molecule has 0 fully saturated rings.